The minimum atomic E-state index is 1.31. The molecule has 0 unspecified atom stereocenters. The molecule has 8 heavy (non-hydrogen) atoms. The second kappa shape index (κ2) is 6.96. The third-order valence-corrected chi connectivity index (χ3v) is 1.16. The molecule has 0 aromatic rings. The minimum absolute atomic E-state index is 1.31. The smallest absolute Gasteiger partial charge is 0.000585 e. The Morgan fingerprint density at radius 3 is 1.50 bits per heavy atom. The van der Waals surface area contributed by atoms with Crippen molar-refractivity contribution in [2.45, 2.75) is 32.2 Å². The van der Waals surface area contributed by atoms with Gasteiger partial charge in [-0.25, -0.2) is 0 Å². The van der Waals surface area contributed by atoms with Crippen LogP contribution >= 0.6 is 0 Å². The Labute approximate surface area is 55.4 Å². The van der Waals surface area contributed by atoms with E-state index in [2.05, 4.69) is 18.7 Å². The molecule has 0 amide bonds. The van der Waals surface area contributed by atoms with Crippen LogP contribution in [0.25, 0.3) is 0 Å². The van der Waals surface area contributed by atoms with Crippen LogP contribution in [-0.4, -0.2) is 10.2 Å². The zero-order valence-corrected chi connectivity index (χ0v) is 7.98. The van der Waals surface area contributed by atoms with Gasteiger partial charge < -0.3 is 0 Å². The van der Waals surface area contributed by atoms with Crippen molar-refractivity contribution in [3.63, 3.8) is 0 Å². The van der Waals surface area contributed by atoms with Crippen LogP contribution in [0.3, 0.4) is 0 Å². The van der Waals surface area contributed by atoms with E-state index in [-0.39, 0.29) is 0 Å². The summed E-state index contributed by atoms with van der Waals surface area (Å²) in [6, 6.07) is 0. The standard InChI is InChI=1S/C6H10.CH6Si/c1-2-4-6-5-3-1;1-2/h1-2H,3-6H2;1-2H3. The number of hydrogen-bond donors (Lipinski definition) is 0. The van der Waals surface area contributed by atoms with Crippen LogP contribution in [0, 0.1) is 0 Å². The van der Waals surface area contributed by atoms with Crippen molar-refractivity contribution < 1.29 is 0 Å². The molecule has 0 fully saturated rings. The summed E-state index contributed by atoms with van der Waals surface area (Å²) in [5.74, 6) is 0. The highest BCUT2D eigenvalue weighted by atomic mass is 28.1. The van der Waals surface area contributed by atoms with Gasteiger partial charge >= 0.3 is 0 Å². The van der Waals surface area contributed by atoms with Crippen LogP contribution in [0.1, 0.15) is 25.7 Å². The van der Waals surface area contributed by atoms with Crippen molar-refractivity contribution in [2.24, 2.45) is 0 Å². The van der Waals surface area contributed by atoms with Crippen molar-refractivity contribution in [3.05, 3.63) is 12.2 Å². The van der Waals surface area contributed by atoms with Crippen molar-refractivity contribution in [3.8, 4) is 0 Å². The predicted molar refractivity (Wildman–Crippen MR) is 43.4 cm³/mol. The third kappa shape index (κ3) is 4.12. The third-order valence-electron chi connectivity index (χ3n) is 1.16. The van der Waals surface area contributed by atoms with E-state index >= 15 is 0 Å². The van der Waals surface area contributed by atoms with Crippen molar-refractivity contribution in [2.75, 3.05) is 0 Å². The van der Waals surface area contributed by atoms with Crippen LogP contribution in [0.2, 0.25) is 6.55 Å². The minimum Gasteiger partial charge on any atom is -0.0885 e. The summed E-state index contributed by atoms with van der Waals surface area (Å²) in [4.78, 5) is 0. The summed E-state index contributed by atoms with van der Waals surface area (Å²) < 4.78 is 0. The Bertz CT molecular complexity index is 49.4. The molecule has 0 N–H and O–H groups in total. The van der Waals surface area contributed by atoms with E-state index in [9.17, 15) is 0 Å². The zero-order valence-electron chi connectivity index (χ0n) is 5.98. The normalized spacial score (nSPS) is 17.1. The van der Waals surface area contributed by atoms with Gasteiger partial charge in [0.15, 0.2) is 0 Å². The molecule has 0 saturated carbocycles. The van der Waals surface area contributed by atoms with Gasteiger partial charge in [0.1, 0.15) is 0 Å². The number of allylic oxidation sites excluding steroid dienone is 2. The largest absolute Gasteiger partial charge is 0.0885 e. The SMILES string of the molecule is C1=CCCCC1.C[SiH3]. The molecular weight excluding hydrogens is 112 g/mol. The number of rotatable bonds is 0. The molecular formula is C7H16Si. The molecule has 0 aromatic carbocycles. The quantitative estimate of drug-likeness (QED) is 0.343. The molecule has 0 radical (unpaired) electrons. The van der Waals surface area contributed by atoms with E-state index in [1.807, 2.05) is 0 Å². The van der Waals surface area contributed by atoms with Gasteiger partial charge in [-0.3, -0.25) is 0 Å². The first-order valence-corrected chi connectivity index (χ1v) is 5.65. The van der Waals surface area contributed by atoms with Gasteiger partial charge in [-0.2, -0.15) is 0 Å². The van der Waals surface area contributed by atoms with E-state index in [1.165, 1.54) is 35.9 Å². The molecule has 0 saturated heterocycles. The molecule has 0 aliphatic heterocycles. The van der Waals surface area contributed by atoms with Crippen LogP contribution in [-0.2, 0) is 0 Å². The van der Waals surface area contributed by atoms with Gasteiger partial charge in [0.25, 0.3) is 0 Å². The van der Waals surface area contributed by atoms with Gasteiger partial charge in [0.2, 0.25) is 0 Å². The van der Waals surface area contributed by atoms with Gasteiger partial charge in [0, 0.05) is 0 Å². The van der Waals surface area contributed by atoms with E-state index in [1.54, 1.807) is 0 Å². The fourth-order valence-electron chi connectivity index (χ4n) is 0.760. The fourth-order valence-corrected chi connectivity index (χ4v) is 0.760. The average Bonchev–Trinajstić information content (AvgIpc) is 1.96. The van der Waals surface area contributed by atoms with Crippen molar-refractivity contribution >= 4 is 10.2 Å². The first-order chi connectivity index (χ1) is 4.00. The fraction of sp³-hybridized carbons (Fsp3) is 0.714. The second-order valence-electron chi connectivity index (χ2n) is 1.76. The van der Waals surface area contributed by atoms with E-state index in [0.29, 0.717) is 0 Å². The van der Waals surface area contributed by atoms with E-state index < -0.39 is 0 Å². The Kier molecular flexibility index (Phi) is 6.92. The Morgan fingerprint density at radius 2 is 1.38 bits per heavy atom. The maximum absolute atomic E-state index is 2.27. The zero-order chi connectivity index (χ0) is 6.24. The molecule has 1 heteroatoms. The summed E-state index contributed by atoms with van der Waals surface area (Å²) in [7, 11) is 1.31. The molecule has 1 rings (SSSR count). The molecule has 0 nitrogen and oxygen atoms in total. The highest BCUT2D eigenvalue weighted by Crippen LogP contribution is 2.07. The highest BCUT2D eigenvalue weighted by Gasteiger charge is 1.87. The topological polar surface area (TPSA) is 0 Å². The van der Waals surface area contributed by atoms with Crippen molar-refractivity contribution in [1.82, 2.24) is 0 Å². The lowest BCUT2D eigenvalue weighted by Gasteiger charge is -1.97. The lowest BCUT2D eigenvalue weighted by Crippen LogP contribution is -1.77. The first kappa shape index (κ1) is 7.96. The maximum Gasteiger partial charge on any atom is -0.000585 e. The number of hydrogen-bond acceptors (Lipinski definition) is 0. The summed E-state index contributed by atoms with van der Waals surface area (Å²) >= 11 is 0. The highest BCUT2D eigenvalue weighted by molar-refractivity contribution is 6.05. The summed E-state index contributed by atoms with van der Waals surface area (Å²) in [5, 5.41) is 0. The van der Waals surface area contributed by atoms with Crippen LogP contribution in [0.5, 0.6) is 0 Å². The van der Waals surface area contributed by atoms with Gasteiger partial charge in [-0.05, 0) is 35.9 Å². The van der Waals surface area contributed by atoms with Crippen molar-refractivity contribution in [1.29, 1.82) is 0 Å². The molecule has 0 atom stereocenters. The molecule has 0 spiro atoms. The lowest BCUT2D eigenvalue weighted by atomic mass is 10.1. The molecule has 0 aromatic heterocycles. The van der Waals surface area contributed by atoms with E-state index in [4.69, 9.17) is 0 Å². The summed E-state index contributed by atoms with van der Waals surface area (Å²) in [6.07, 6.45) is 10.0. The summed E-state index contributed by atoms with van der Waals surface area (Å²) in [6.45, 7) is 2.14. The summed E-state index contributed by atoms with van der Waals surface area (Å²) in [5.41, 5.74) is 0. The molecule has 48 valence electrons. The molecule has 0 bridgehead atoms. The van der Waals surface area contributed by atoms with Gasteiger partial charge in [-0.15, -0.1) is 0 Å². The molecule has 1 aliphatic rings. The Morgan fingerprint density at radius 1 is 1.00 bits per heavy atom. The molecule has 0 heterocycles. The predicted octanol–water partition coefficient (Wildman–Crippen LogP) is 1.52. The average molecular weight is 128 g/mol. The van der Waals surface area contributed by atoms with Gasteiger partial charge in [-0.1, -0.05) is 18.7 Å². The monoisotopic (exact) mass is 128 g/mol. The Balaban J connectivity index is 0.000000222. The Hall–Kier alpha value is -0.0431. The van der Waals surface area contributed by atoms with Gasteiger partial charge in [0.05, 0.1) is 0 Å². The van der Waals surface area contributed by atoms with Crippen LogP contribution < -0.4 is 0 Å². The first-order valence-electron chi connectivity index (χ1n) is 3.65. The lowest BCUT2D eigenvalue weighted by molar-refractivity contribution is 0.730. The molecule has 1 aliphatic carbocycles. The second-order valence-corrected chi connectivity index (χ2v) is 1.76. The maximum atomic E-state index is 2.27. The van der Waals surface area contributed by atoms with Crippen LogP contribution in [0.15, 0.2) is 12.2 Å². The van der Waals surface area contributed by atoms with Crippen LogP contribution in [0.4, 0.5) is 0 Å². The van der Waals surface area contributed by atoms with E-state index in [0.717, 1.165) is 0 Å².